The van der Waals surface area contributed by atoms with Gasteiger partial charge in [-0.05, 0) is 26.2 Å². The Morgan fingerprint density at radius 2 is 2.05 bits per heavy atom. The van der Waals surface area contributed by atoms with Crippen molar-refractivity contribution in [2.24, 2.45) is 0 Å². The van der Waals surface area contributed by atoms with Gasteiger partial charge in [0.2, 0.25) is 5.91 Å². The summed E-state index contributed by atoms with van der Waals surface area (Å²) in [5.41, 5.74) is 0.184. The van der Waals surface area contributed by atoms with Gasteiger partial charge < -0.3 is 10.2 Å². The number of carbonyl (C=O) groups excluding carboxylic acids is 2. The normalized spacial score (nSPS) is 15.0. The highest BCUT2D eigenvalue weighted by Crippen LogP contribution is 2.19. The first-order valence-corrected chi connectivity index (χ1v) is 7.00. The third-order valence-electron chi connectivity index (χ3n) is 3.24. The Morgan fingerprint density at radius 3 is 2.70 bits per heavy atom. The largest absolute Gasteiger partial charge is 0.360 e. The van der Waals surface area contributed by atoms with Gasteiger partial charge >= 0.3 is 0 Å². The number of aromatic nitrogens is 2. The minimum absolute atomic E-state index is 0.00827. The molecule has 2 heterocycles. The minimum Gasteiger partial charge on any atom is -0.360 e. The van der Waals surface area contributed by atoms with Crippen LogP contribution >= 0.6 is 11.6 Å². The summed E-state index contributed by atoms with van der Waals surface area (Å²) in [7, 11) is 0. The van der Waals surface area contributed by atoms with Gasteiger partial charge in [-0.3, -0.25) is 9.59 Å². The molecular weight excluding hydrogens is 280 g/mol. The second-order valence-corrected chi connectivity index (χ2v) is 5.09. The lowest BCUT2D eigenvalue weighted by molar-refractivity contribution is -0.130. The van der Waals surface area contributed by atoms with E-state index in [2.05, 4.69) is 15.3 Å². The number of anilines is 1. The molecular formula is C13H17ClN4O2. The molecule has 1 aliphatic heterocycles. The molecule has 7 heteroatoms. The van der Waals surface area contributed by atoms with Crippen LogP contribution in [0.4, 0.5) is 5.82 Å². The number of amides is 1. The number of likely N-dealkylation sites (tertiary alicyclic amines) is 1. The van der Waals surface area contributed by atoms with Gasteiger partial charge in [0.15, 0.2) is 6.29 Å². The maximum atomic E-state index is 12.0. The number of nitrogens with zero attached hydrogens (tertiary/aromatic N) is 3. The van der Waals surface area contributed by atoms with Crippen LogP contribution < -0.4 is 5.32 Å². The Kier molecular flexibility index (Phi) is 4.89. The zero-order valence-corrected chi connectivity index (χ0v) is 12.1. The first-order valence-electron chi connectivity index (χ1n) is 6.63. The molecule has 1 aliphatic rings. The Balaban J connectivity index is 2.03. The molecule has 2 rings (SSSR count). The van der Waals surface area contributed by atoms with Gasteiger partial charge in [-0.2, -0.15) is 0 Å². The Labute approximate surface area is 122 Å². The number of aryl methyl sites for hydroxylation is 1. The second kappa shape index (κ2) is 6.65. The van der Waals surface area contributed by atoms with Crippen LogP contribution in [0, 0.1) is 6.92 Å². The van der Waals surface area contributed by atoms with E-state index in [1.54, 1.807) is 6.92 Å². The fourth-order valence-corrected chi connectivity index (χ4v) is 2.46. The molecule has 1 N–H and O–H groups in total. The summed E-state index contributed by atoms with van der Waals surface area (Å²) in [5.74, 6) is 0.769. The smallest absolute Gasteiger partial charge is 0.241 e. The van der Waals surface area contributed by atoms with Crippen LogP contribution in [-0.2, 0) is 4.79 Å². The van der Waals surface area contributed by atoms with Crippen LogP contribution in [0.15, 0.2) is 0 Å². The standard InChI is InChI=1S/C13H17ClN4O2/c1-9-16-12(14)10(8-19)13(17-9)15-7-11(20)18-5-3-2-4-6-18/h8H,2-7H2,1H3,(H,15,16,17). The molecule has 0 radical (unpaired) electrons. The fraction of sp³-hybridized carbons (Fsp3) is 0.538. The fourth-order valence-electron chi connectivity index (χ4n) is 2.20. The highest BCUT2D eigenvalue weighted by molar-refractivity contribution is 6.32. The third-order valence-corrected chi connectivity index (χ3v) is 3.53. The Hall–Kier alpha value is -1.69. The van der Waals surface area contributed by atoms with Gasteiger partial charge in [0.05, 0.1) is 12.1 Å². The SMILES string of the molecule is Cc1nc(Cl)c(C=O)c(NCC(=O)N2CCCCC2)n1. The topological polar surface area (TPSA) is 75.2 Å². The number of hydrogen-bond acceptors (Lipinski definition) is 5. The van der Waals surface area contributed by atoms with Crippen molar-refractivity contribution in [1.82, 2.24) is 14.9 Å². The van der Waals surface area contributed by atoms with Crippen molar-refractivity contribution in [3.63, 3.8) is 0 Å². The van der Waals surface area contributed by atoms with Crippen molar-refractivity contribution in [3.8, 4) is 0 Å². The van der Waals surface area contributed by atoms with E-state index in [1.165, 1.54) is 6.42 Å². The average molecular weight is 297 g/mol. The lowest BCUT2D eigenvalue weighted by Gasteiger charge is -2.26. The second-order valence-electron chi connectivity index (χ2n) is 4.74. The summed E-state index contributed by atoms with van der Waals surface area (Å²) in [6.45, 7) is 3.38. The number of aldehydes is 1. The van der Waals surface area contributed by atoms with Crippen LogP contribution in [0.25, 0.3) is 0 Å². The van der Waals surface area contributed by atoms with E-state index in [0.717, 1.165) is 25.9 Å². The van der Waals surface area contributed by atoms with E-state index in [1.807, 2.05) is 4.90 Å². The van der Waals surface area contributed by atoms with Crippen LogP contribution in [0.3, 0.4) is 0 Å². The molecule has 0 unspecified atom stereocenters. The van der Waals surface area contributed by atoms with Gasteiger partial charge in [-0.15, -0.1) is 0 Å². The van der Waals surface area contributed by atoms with Crippen molar-refractivity contribution in [3.05, 3.63) is 16.5 Å². The summed E-state index contributed by atoms with van der Waals surface area (Å²) < 4.78 is 0. The van der Waals surface area contributed by atoms with E-state index < -0.39 is 0 Å². The highest BCUT2D eigenvalue weighted by atomic mass is 35.5. The molecule has 20 heavy (non-hydrogen) atoms. The molecule has 1 aromatic heterocycles. The average Bonchev–Trinajstić information content (AvgIpc) is 2.45. The lowest BCUT2D eigenvalue weighted by Crippen LogP contribution is -2.39. The highest BCUT2D eigenvalue weighted by Gasteiger charge is 2.17. The predicted molar refractivity (Wildman–Crippen MR) is 76.1 cm³/mol. The molecule has 0 saturated carbocycles. The molecule has 108 valence electrons. The van der Waals surface area contributed by atoms with Crippen LogP contribution in [-0.4, -0.2) is 46.7 Å². The zero-order chi connectivity index (χ0) is 14.5. The molecule has 0 spiro atoms. The minimum atomic E-state index is 0.00827. The van der Waals surface area contributed by atoms with E-state index in [0.29, 0.717) is 17.9 Å². The number of piperidine rings is 1. The van der Waals surface area contributed by atoms with Gasteiger partial charge in [-0.1, -0.05) is 11.6 Å². The quantitative estimate of drug-likeness (QED) is 0.676. The lowest BCUT2D eigenvalue weighted by atomic mass is 10.1. The molecule has 0 aliphatic carbocycles. The molecule has 6 nitrogen and oxygen atoms in total. The van der Waals surface area contributed by atoms with Gasteiger partial charge in [0, 0.05) is 13.1 Å². The molecule has 1 amide bonds. The van der Waals surface area contributed by atoms with Crippen molar-refractivity contribution < 1.29 is 9.59 Å². The summed E-state index contributed by atoms with van der Waals surface area (Å²) in [4.78, 5) is 32.9. The number of rotatable bonds is 4. The first kappa shape index (κ1) is 14.7. The summed E-state index contributed by atoms with van der Waals surface area (Å²) >= 11 is 5.88. The molecule has 0 atom stereocenters. The zero-order valence-electron chi connectivity index (χ0n) is 11.4. The van der Waals surface area contributed by atoms with Crippen molar-refractivity contribution in [2.45, 2.75) is 26.2 Å². The Morgan fingerprint density at radius 1 is 1.35 bits per heavy atom. The van der Waals surface area contributed by atoms with Crippen LogP contribution in [0.2, 0.25) is 5.15 Å². The summed E-state index contributed by atoms with van der Waals surface area (Å²) in [6.07, 6.45) is 3.86. The van der Waals surface area contributed by atoms with Gasteiger partial charge in [0.25, 0.3) is 0 Å². The summed E-state index contributed by atoms with van der Waals surface area (Å²) in [5, 5.41) is 2.98. The van der Waals surface area contributed by atoms with E-state index in [9.17, 15) is 9.59 Å². The van der Waals surface area contributed by atoms with Gasteiger partial charge in [0.1, 0.15) is 16.8 Å². The van der Waals surface area contributed by atoms with E-state index >= 15 is 0 Å². The number of nitrogens with one attached hydrogen (secondary N) is 1. The molecule has 1 fully saturated rings. The molecule has 1 saturated heterocycles. The van der Waals surface area contributed by atoms with E-state index in [-0.39, 0.29) is 23.2 Å². The maximum Gasteiger partial charge on any atom is 0.241 e. The van der Waals surface area contributed by atoms with Crippen molar-refractivity contribution in [1.29, 1.82) is 0 Å². The Bertz CT molecular complexity index is 515. The third kappa shape index (κ3) is 3.45. The predicted octanol–water partition coefficient (Wildman–Crippen LogP) is 1.68. The van der Waals surface area contributed by atoms with Gasteiger partial charge in [-0.25, -0.2) is 9.97 Å². The monoisotopic (exact) mass is 296 g/mol. The van der Waals surface area contributed by atoms with E-state index in [4.69, 9.17) is 11.6 Å². The summed E-state index contributed by atoms with van der Waals surface area (Å²) in [6, 6.07) is 0. The van der Waals surface area contributed by atoms with Crippen LogP contribution in [0.1, 0.15) is 35.4 Å². The number of carbonyl (C=O) groups is 2. The van der Waals surface area contributed by atoms with Crippen molar-refractivity contribution >= 4 is 29.6 Å². The van der Waals surface area contributed by atoms with Crippen LogP contribution in [0.5, 0.6) is 0 Å². The number of halogens is 1. The number of hydrogen-bond donors (Lipinski definition) is 1. The first-order chi connectivity index (χ1) is 9.61. The van der Waals surface area contributed by atoms with Crippen molar-refractivity contribution in [2.75, 3.05) is 25.0 Å². The molecule has 0 aromatic carbocycles. The molecule has 0 bridgehead atoms. The molecule has 1 aromatic rings. The maximum absolute atomic E-state index is 12.0.